The highest BCUT2D eigenvalue weighted by Crippen LogP contribution is 2.51. The van der Waals surface area contributed by atoms with Crippen LogP contribution < -0.4 is 4.90 Å². The molecule has 3 heteroatoms. The molecule has 2 nitrogen and oxygen atoms in total. The topological polar surface area (TPSA) is 8.17 Å². The molecule has 1 aliphatic rings. The number of anilines is 3. The van der Waals surface area contributed by atoms with E-state index in [1.165, 1.54) is 97.6 Å². The fourth-order valence-electron chi connectivity index (χ4n) is 10.8. The second-order valence-corrected chi connectivity index (χ2v) is 19.1. The van der Waals surface area contributed by atoms with E-state index in [1.807, 2.05) is 11.3 Å². The van der Waals surface area contributed by atoms with E-state index in [1.54, 1.807) is 0 Å². The lowest BCUT2D eigenvalue weighted by Crippen LogP contribution is -2.16. The maximum absolute atomic E-state index is 2.44. The first kappa shape index (κ1) is 38.5. The predicted molar refractivity (Wildman–Crippen MR) is 282 cm³/mol. The normalized spacial score (nSPS) is 12.8. The third kappa shape index (κ3) is 6.01. The quantitative estimate of drug-likeness (QED) is 0.155. The Morgan fingerprint density at radius 1 is 0.379 bits per heavy atom. The Morgan fingerprint density at radius 2 is 0.970 bits per heavy atom. The molecule has 0 spiro atoms. The van der Waals surface area contributed by atoms with Crippen molar-refractivity contribution in [2.45, 2.75) is 19.3 Å². The van der Waals surface area contributed by atoms with Crippen molar-refractivity contribution in [2.75, 3.05) is 4.90 Å². The summed E-state index contributed by atoms with van der Waals surface area (Å²) in [6, 6.07) is 85.1. The molecule has 0 amide bonds. The van der Waals surface area contributed by atoms with Crippen molar-refractivity contribution in [1.29, 1.82) is 0 Å². The molecule has 0 bridgehead atoms. The van der Waals surface area contributed by atoms with Gasteiger partial charge in [0.25, 0.3) is 0 Å². The second kappa shape index (κ2) is 15.1. The molecule has 0 saturated carbocycles. The van der Waals surface area contributed by atoms with Crippen LogP contribution in [0.3, 0.4) is 0 Å². The summed E-state index contributed by atoms with van der Waals surface area (Å²) in [5.41, 5.74) is 19.5. The molecule has 0 saturated heterocycles. The summed E-state index contributed by atoms with van der Waals surface area (Å²) in [6.07, 6.45) is 0. The van der Waals surface area contributed by atoms with E-state index in [9.17, 15) is 0 Å². The van der Waals surface area contributed by atoms with Gasteiger partial charge in [-0.05, 0) is 129 Å². The molecule has 1 aliphatic carbocycles. The van der Waals surface area contributed by atoms with Crippen LogP contribution in [0.4, 0.5) is 17.1 Å². The number of hydrogen-bond acceptors (Lipinski definition) is 2. The minimum Gasteiger partial charge on any atom is -0.310 e. The standard InChI is InChI=1S/C63H44N2S/c1-63(2)56-24-12-9-20-50(56)51-37-36-48(40-57(51)63)64(46-32-28-42(29-33-46)41-16-5-3-6-17-41)47-34-30-43(31-35-47)54-38-44(39-55-52-21-11-14-27-60(52)66-62(54)55)49-23-15-26-59-61(49)53-22-10-13-25-58(53)65(59)45-18-7-4-8-19-45/h3-40H,1-2H3. The zero-order chi connectivity index (χ0) is 43.9. The lowest BCUT2D eigenvalue weighted by molar-refractivity contribution is 0.660. The highest BCUT2D eigenvalue weighted by Gasteiger charge is 2.35. The molecule has 0 aliphatic heterocycles. The van der Waals surface area contributed by atoms with Gasteiger partial charge in [0.1, 0.15) is 0 Å². The van der Waals surface area contributed by atoms with Crippen LogP contribution in [0.5, 0.6) is 0 Å². The van der Waals surface area contributed by atoms with Gasteiger partial charge in [0.2, 0.25) is 0 Å². The van der Waals surface area contributed by atoms with Crippen molar-refractivity contribution in [3.8, 4) is 50.2 Å². The molecule has 0 unspecified atom stereocenters. The Hall–Kier alpha value is -7.98. The van der Waals surface area contributed by atoms with Crippen LogP contribution in [0.25, 0.3) is 92.2 Å². The molecular weight excluding hydrogens is 817 g/mol. The maximum Gasteiger partial charge on any atom is 0.0547 e. The number of rotatable bonds is 7. The van der Waals surface area contributed by atoms with E-state index >= 15 is 0 Å². The molecule has 2 aromatic heterocycles. The largest absolute Gasteiger partial charge is 0.310 e. The average Bonchev–Trinajstić information content (AvgIpc) is 4.00. The first-order valence-corrected chi connectivity index (χ1v) is 23.6. The van der Waals surface area contributed by atoms with Crippen molar-refractivity contribution < 1.29 is 0 Å². The smallest absolute Gasteiger partial charge is 0.0547 e. The molecule has 2 heterocycles. The highest BCUT2D eigenvalue weighted by atomic mass is 32.1. The van der Waals surface area contributed by atoms with Crippen LogP contribution in [0, 0.1) is 0 Å². The minimum absolute atomic E-state index is 0.115. The van der Waals surface area contributed by atoms with E-state index < -0.39 is 0 Å². The molecular formula is C63H44N2S. The fourth-order valence-corrected chi connectivity index (χ4v) is 12.0. The molecule has 0 fully saturated rings. The van der Waals surface area contributed by atoms with Gasteiger partial charge < -0.3 is 9.47 Å². The lowest BCUT2D eigenvalue weighted by atomic mass is 9.82. The van der Waals surface area contributed by atoms with Gasteiger partial charge in [-0.15, -0.1) is 11.3 Å². The Kier molecular flexibility index (Phi) is 8.78. The van der Waals surface area contributed by atoms with E-state index in [4.69, 9.17) is 0 Å². The minimum atomic E-state index is -0.115. The van der Waals surface area contributed by atoms with Crippen LogP contribution in [0.2, 0.25) is 0 Å². The third-order valence-electron chi connectivity index (χ3n) is 14.0. The van der Waals surface area contributed by atoms with Crippen LogP contribution in [-0.2, 0) is 5.41 Å². The second-order valence-electron chi connectivity index (χ2n) is 18.1. The van der Waals surface area contributed by atoms with Gasteiger partial charge in [0, 0.05) is 64.7 Å². The van der Waals surface area contributed by atoms with E-state index in [0.29, 0.717) is 0 Å². The van der Waals surface area contributed by atoms with Crippen molar-refractivity contribution in [2.24, 2.45) is 0 Å². The van der Waals surface area contributed by atoms with Gasteiger partial charge in [-0.1, -0.05) is 166 Å². The monoisotopic (exact) mass is 860 g/mol. The first-order valence-electron chi connectivity index (χ1n) is 22.8. The van der Waals surface area contributed by atoms with Crippen LogP contribution in [0.15, 0.2) is 231 Å². The SMILES string of the molecule is CC1(C)c2ccccc2-c2ccc(N(c3ccc(-c4ccccc4)cc3)c3ccc(-c4cc(-c5cccc6c5c5ccccc5n6-c5ccccc5)cc5c4sc4ccccc45)cc3)cc21. The van der Waals surface area contributed by atoms with Crippen molar-refractivity contribution in [3.05, 3.63) is 242 Å². The summed E-state index contributed by atoms with van der Waals surface area (Å²) in [5.74, 6) is 0. The molecule has 312 valence electrons. The zero-order valence-corrected chi connectivity index (χ0v) is 37.6. The van der Waals surface area contributed by atoms with E-state index in [0.717, 1.165) is 22.7 Å². The van der Waals surface area contributed by atoms with Crippen LogP contribution >= 0.6 is 11.3 Å². The average molecular weight is 861 g/mol. The molecule has 0 radical (unpaired) electrons. The molecule has 12 aromatic rings. The third-order valence-corrected chi connectivity index (χ3v) is 15.2. The predicted octanol–water partition coefficient (Wildman–Crippen LogP) is 17.9. The molecule has 10 aromatic carbocycles. The van der Waals surface area contributed by atoms with Crippen molar-refractivity contribution in [3.63, 3.8) is 0 Å². The Labute approximate surface area is 388 Å². The van der Waals surface area contributed by atoms with Gasteiger partial charge >= 0.3 is 0 Å². The van der Waals surface area contributed by atoms with Gasteiger partial charge in [0.15, 0.2) is 0 Å². The number of aromatic nitrogens is 1. The molecule has 0 atom stereocenters. The summed E-state index contributed by atoms with van der Waals surface area (Å²) in [4.78, 5) is 2.42. The zero-order valence-electron chi connectivity index (χ0n) is 36.7. The molecule has 66 heavy (non-hydrogen) atoms. The summed E-state index contributed by atoms with van der Waals surface area (Å²) in [7, 11) is 0. The number of nitrogens with zero attached hydrogens (tertiary/aromatic N) is 2. The summed E-state index contributed by atoms with van der Waals surface area (Å²) < 4.78 is 5.02. The molecule has 13 rings (SSSR count). The Morgan fingerprint density at radius 3 is 1.76 bits per heavy atom. The number of fused-ring (bicyclic) bond motifs is 9. The number of thiophene rings is 1. The maximum atomic E-state index is 2.44. The summed E-state index contributed by atoms with van der Waals surface area (Å²) in [6.45, 7) is 4.72. The Bertz CT molecular complexity index is 3820. The first-order chi connectivity index (χ1) is 32.5. The van der Waals surface area contributed by atoms with Gasteiger partial charge in [-0.2, -0.15) is 0 Å². The number of hydrogen-bond donors (Lipinski definition) is 0. The Balaban J connectivity index is 0.976. The van der Waals surface area contributed by atoms with Crippen LogP contribution in [0.1, 0.15) is 25.0 Å². The van der Waals surface area contributed by atoms with Gasteiger partial charge in [-0.3, -0.25) is 0 Å². The number of benzene rings is 10. The summed E-state index contributed by atoms with van der Waals surface area (Å²) in [5, 5.41) is 5.11. The van der Waals surface area contributed by atoms with Crippen LogP contribution in [-0.4, -0.2) is 4.57 Å². The molecule has 0 N–H and O–H groups in total. The summed E-state index contributed by atoms with van der Waals surface area (Å²) >= 11 is 1.89. The van der Waals surface area contributed by atoms with E-state index in [-0.39, 0.29) is 5.41 Å². The van der Waals surface area contributed by atoms with Crippen molar-refractivity contribution in [1.82, 2.24) is 4.57 Å². The lowest BCUT2D eigenvalue weighted by Gasteiger charge is -2.28. The van der Waals surface area contributed by atoms with Crippen molar-refractivity contribution >= 4 is 70.4 Å². The highest BCUT2D eigenvalue weighted by molar-refractivity contribution is 7.26. The van der Waals surface area contributed by atoms with E-state index in [2.05, 4.69) is 254 Å². The van der Waals surface area contributed by atoms with Gasteiger partial charge in [0.05, 0.1) is 11.0 Å². The fraction of sp³-hybridized carbons (Fsp3) is 0.0476. The van der Waals surface area contributed by atoms with Gasteiger partial charge in [-0.25, -0.2) is 0 Å². The number of para-hydroxylation sites is 2.